The van der Waals surface area contributed by atoms with Crippen LogP contribution in [0, 0.1) is 11.8 Å². The largest absolute Gasteiger partial charge is 0.375 e. The van der Waals surface area contributed by atoms with Gasteiger partial charge in [-0.25, -0.2) is 0 Å². The van der Waals surface area contributed by atoms with E-state index in [1.54, 1.807) is 23.1 Å². The van der Waals surface area contributed by atoms with Crippen molar-refractivity contribution in [2.45, 2.75) is 38.3 Å². The SMILES string of the molecule is C[C@H]1CCC(=O)[C@@H]([C@@]2(O)C(=O)N(Cc3ccccc3Cl)c3ccccc32)C1. The second-order valence-corrected chi connectivity index (χ2v) is 8.07. The van der Waals surface area contributed by atoms with Crippen LogP contribution in [0.5, 0.6) is 0 Å². The minimum absolute atomic E-state index is 0.0293. The molecule has 3 atom stereocenters. The van der Waals surface area contributed by atoms with Gasteiger partial charge in [0.2, 0.25) is 0 Å². The molecule has 0 spiro atoms. The van der Waals surface area contributed by atoms with Crippen molar-refractivity contribution in [3.05, 3.63) is 64.7 Å². The molecule has 1 saturated carbocycles. The Hall–Kier alpha value is -2.17. The summed E-state index contributed by atoms with van der Waals surface area (Å²) in [4.78, 5) is 27.6. The van der Waals surface area contributed by atoms with Crippen LogP contribution in [0.1, 0.15) is 37.3 Å². The summed E-state index contributed by atoms with van der Waals surface area (Å²) in [6.45, 7) is 2.32. The summed E-state index contributed by atoms with van der Waals surface area (Å²) in [5.41, 5.74) is 0.171. The molecule has 1 aliphatic heterocycles. The zero-order valence-corrected chi connectivity index (χ0v) is 15.9. The number of amides is 1. The summed E-state index contributed by atoms with van der Waals surface area (Å²) in [5, 5.41) is 12.2. The summed E-state index contributed by atoms with van der Waals surface area (Å²) in [6, 6.07) is 14.6. The van der Waals surface area contributed by atoms with E-state index in [1.165, 1.54) is 0 Å². The fourth-order valence-electron chi connectivity index (χ4n) is 4.37. The van der Waals surface area contributed by atoms with Gasteiger partial charge in [0.05, 0.1) is 18.2 Å². The van der Waals surface area contributed by atoms with Gasteiger partial charge in [0.25, 0.3) is 5.91 Å². The highest BCUT2D eigenvalue weighted by atomic mass is 35.5. The number of halogens is 1. The molecule has 1 heterocycles. The molecule has 0 bridgehead atoms. The quantitative estimate of drug-likeness (QED) is 0.868. The summed E-state index contributed by atoms with van der Waals surface area (Å²) < 4.78 is 0. The molecule has 5 heteroatoms. The zero-order chi connectivity index (χ0) is 19.2. The first kappa shape index (κ1) is 18.2. The van der Waals surface area contributed by atoms with Crippen LogP contribution in [-0.4, -0.2) is 16.8 Å². The van der Waals surface area contributed by atoms with E-state index in [2.05, 4.69) is 6.92 Å². The molecule has 140 valence electrons. The Morgan fingerprint density at radius 1 is 1.15 bits per heavy atom. The highest BCUT2D eigenvalue weighted by molar-refractivity contribution is 6.31. The molecule has 2 aromatic carbocycles. The number of ketones is 1. The van der Waals surface area contributed by atoms with Crippen LogP contribution in [-0.2, 0) is 21.7 Å². The highest BCUT2D eigenvalue weighted by Crippen LogP contribution is 2.49. The topological polar surface area (TPSA) is 57.6 Å². The predicted octanol–water partition coefficient (Wildman–Crippen LogP) is 4.08. The monoisotopic (exact) mass is 383 g/mol. The van der Waals surface area contributed by atoms with Crippen LogP contribution in [0.25, 0.3) is 0 Å². The number of nitrogens with zero attached hydrogens (tertiary/aromatic N) is 1. The molecule has 0 aromatic heterocycles. The van der Waals surface area contributed by atoms with Crippen molar-refractivity contribution >= 4 is 29.0 Å². The van der Waals surface area contributed by atoms with Gasteiger partial charge in [0.1, 0.15) is 5.78 Å². The molecule has 1 N–H and O–H groups in total. The number of fused-ring (bicyclic) bond motifs is 1. The average molecular weight is 384 g/mol. The van der Waals surface area contributed by atoms with Crippen molar-refractivity contribution in [3.8, 4) is 0 Å². The maximum absolute atomic E-state index is 13.4. The number of aliphatic hydroxyl groups is 1. The van der Waals surface area contributed by atoms with Crippen molar-refractivity contribution in [1.82, 2.24) is 0 Å². The van der Waals surface area contributed by atoms with Crippen LogP contribution >= 0.6 is 11.6 Å². The summed E-state index contributed by atoms with van der Waals surface area (Å²) in [6.07, 6.45) is 1.74. The maximum atomic E-state index is 13.4. The first-order chi connectivity index (χ1) is 12.9. The van der Waals surface area contributed by atoms with E-state index in [9.17, 15) is 14.7 Å². The van der Waals surface area contributed by atoms with Gasteiger partial charge >= 0.3 is 0 Å². The molecule has 0 saturated heterocycles. The van der Waals surface area contributed by atoms with E-state index in [0.29, 0.717) is 35.0 Å². The Morgan fingerprint density at radius 2 is 1.85 bits per heavy atom. The normalized spacial score (nSPS) is 27.7. The lowest BCUT2D eigenvalue weighted by Gasteiger charge is -2.35. The van der Waals surface area contributed by atoms with Crippen LogP contribution in [0.2, 0.25) is 5.02 Å². The van der Waals surface area contributed by atoms with Gasteiger partial charge in [-0.1, -0.05) is 54.9 Å². The molecule has 4 nitrogen and oxygen atoms in total. The van der Waals surface area contributed by atoms with Crippen molar-refractivity contribution in [2.75, 3.05) is 4.90 Å². The number of hydrogen-bond acceptors (Lipinski definition) is 3. The number of rotatable bonds is 3. The standard InChI is InChI=1S/C22H22ClNO3/c1-14-10-11-20(25)17(12-14)22(27)16-7-3-5-9-19(16)24(21(22)26)13-15-6-2-4-8-18(15)23/h2-9,14,17,27H,10-13H2,1H3/t14-,17-,22+/m0/s1. The number of hydrogen-bond donors (Lipinski definition) is 1. The number of carbonyl (C=O) groups is 2. The summed E-state index contributed by atoms with van der Waals surface area (Å²) >= 11 is 6.28. The van der Waals surface area contributed by atoms with E-state index in [-0.39, 0.29) is 12.3 Å². The third-order valence-electron chi connectivity index (χ3n) is 5.88. The molecule has 1 fully saturated rings. The highest BCUT2D eigenvalue weighted by Gasteiger charge is 2.57. The smallest absolute Gasteiger partial charge is 0.264 e. The first-order valence-electron chi connectivity index (χ1n) is 9.33. The van der Waals surface area contributed by atoms with Crippen molar-refractivity contribution in [3.63, 3.8) is 0 Å². The van der Waals surface area contributed by atoms with Gasteiger partial charge in [0, 0.05) is 17.0 Å². The summed E-state index contributed by atoms with van der Waals surface area (Å²) in [7, 11) is 0. The van der Waals surface area contributed by atoms with Crippen molar-refractivity contribution < 1.29 is 14.7 Å². The number of benzene rings is 2. The van der Waals surface area contributed by atoms with Crippen LogP contribution in [0.3, 0.4) is 0 Å². The van der Waals surface area contributed by atoms with Crippen LogP contribution < -0.4 is 4.90 Å². The third kappa shape index (κ3) is 2.88. The Bertz CT molecular complexity index is 912. The van der Waals surface area contributed by atoms with Gasteiger partial charge < -0.3 is 10.0 Å². The van der Waals surface area contributed by atoms with E-state index in [4.69, 9.17) is 11.6 Å². The third-order valence-corrected chi connectivity index (χ3v) is 6.25. The van der Waals surface area contributed by atoms with E-state index >= 15 is 0 Å². The van der Waals surface area contributed by atoms with E-state index in [1.807, 2.05) is 30.3 Å². The van der Waals surface area contributed by atoms with Crippen molar-refractivity contribution in [2.24, 2.45) is 11.8 Å². The number of Topliss-reactive ketones (excluding diaryl/α,β-unsaturated/α-hetero) is 1. The lowest BCUT2D eigenvalue weighted by atomic mass is 9.70. The number of carbonyl (C=O) groups excluding carboxylic acids is 2. The van der Waals surface area contributed by atoms with Gasteiger partial charge in [-0.3, -0.25) is 9.59 Å². The molecule has 1 aliphatic carbocycles. The molecule has 1 amide bonds. The van der Waals surface area contributed by atoms with Crippen LogP contribution in [0.15, 0.2) is 48.5 Å². The summed E-state index contributed by atoms with van der Waals surface area (Å²) in [5.74, 6) is -0.866. The molecule has 2 aliphatic rings. The Morgan fingerprint density at radius 3 is 2.63 bits per heavy atom. The Labute approximate surface area is 163 Å². The molecular formula is C22H22ClNO3. The Balaban J connectivity index is 1.78. The fourth-order valence-corrected chi connectivity index (χ4v) is 4.57. The number of para-hydroxylation sites is 1. The molecular weight excluding hydrogens is 362 g/mol. The fraction of sp³-hybridized carbons (Fsp3) is 0.364. The molecule has 27 heavy (non-hydrogen) atoms. The molecule has 2 aromatic rings. The second kappa shape index (κ2) is 6.77. The lowest BCUT2D eigenvalue weighted by Crippen LogP contribution is -2.50. The Kier molecular flexibility index (Phi) is 4.57. The molecule has 0 radical (unpaired) electrons. The minimum atomic E-state index is -1.80. The van der Waals surface area contributed by atoms with E-state index in [0.717, 1.165) is 12.0 Å². The minimum Gasteiger partial charge on any atom is -0.375 e. The lowest BCUT2D eigenvalue weighted by molar-refractivity contribution is -0.153. The van der Waals surface area contributed by atoms with Gasteiger partial charge in [0.15, 0.2) is 5.60 Å². The average Bonchev–Trinajstić information content (AvgIpc) is 2.88. The van der Waals surface area contributed by atoms with Gasteiger partial charge in [-0.05, 0) is 36.5 Å². The van der Waals surface area contributed by atoms with Crippen molar-refractivity contribution in [1.29, 1.82) is 0 Å². The van der Waals surface area contributed by atoms with Gasteiger partial charge in [-0.15, -0.1) is 0 Å². The van der Waals surface area contributed by atoms with Gasteiger partial charge in [-0.2, -0.15) is 0 Å². The second-order valence-electron chi connectivity index (χ2n) is 7.66. The molecule has 4 rings (SSSR count). The number of anilines is 1. The zero-order valence-electron chi connectivity index (χ0n) is 15.2. The van der Waals surface area contributed by atoms with Crippen LogP contribution in [0.4, 0.5) is 5.69 Å². The first-order valence-corrected chi connectivity index (χ1v) is 9.70. The molecule has 0 unspecified atom stereocenters. The van der Waals surface area contributed by atoms with E-state index < -0.39 is 17.4 Å². The predicted molar refractivity (Wildman–Crippen MR) is 104 cm³/mol. The maximum Gasteiger partial charge on any atom is 0.264 e.